The highest BCUT2D eigenvalue weighted by atomic mass is 32.2. The lowest BCUT2D eigenvalue weighted by Gasteiger charge is -2.06. The van der Waals surface area contributed by atoms with Crippen molar-refractivity contribution in [2.45, 2.75) is 24.3 Å². The lowest BCUT2D eigenvalue weighted by Crippen LogP contribution is -2.13. The summed E-state index contributed by atoms with van der Waals surface area (Å²) in [4.78, 5) is 31.7. The van der Waals surface area contributed by atoms with Gasteiger partial charge in [-0.3, -0.25) is 9.59 Å². The van der Waals surface area contributed by atoms with Crippen molar-refractivity contribution in [3.05, 3.63) is 46.1 Å². The van der Waals surface area contributed by atoms with Crippen LogP contribution in [0.15, 0.2) is 45.7 Å². The maximum atomic E-state index is 12.4. The van der Waals surface area contributed by atoms with Gasteiger partial charge in [-0.25, -0.2) is 4.98 Å². The summed E-state index contributed by atoms with van der Waals surface area (Å²) >= 11 is 2.72. The van der Waals surface area contributed by atoms with Crippen LogP contribution >= 0.6 is 23.1 Å². The smallest absolute Gasteiger partial charge is 0.260 e. The highest BCUT2D eigenvalue weighted by Crippen LogP contribution is 2.31. The van der Waals surface area contributed by atoms with Crippen LogP contribution in [0.4, 0.5) is 0 Å². The van der Waals surface area contributed by atoms with Crippen molar-refractivity contribution < 1.29 is 4.79 Å². The molecule has 0 aliphatic heterocycles. The minimum absolute atomic E-state index is 0.0592. The molecule has 0 saturated heterocycles. The Kier molecular flexibility index (Phi) is 4.13. The van der Waals surface area contributed by atoms with Crippen LogP contribution in [0.5, 0.6) is 0 Å². The Morgan fingerprint density at radius 1 is 1.32 bits per heavy atom. The molecule has 0 aliphatic rings. The van der Waals surface area contributed by atoms with E-state index < -0.39 is 0 Å². The Labute approximate surface area is 135 Å². The second kappa shape index (κ2) is 6.06. The molecular formula is C16H14N2O2S2. The van der Waals surface area contributed by atoms with E-state index in [0.717, 1.165) is 11.1 Å². The minimum Gasteiger partial charge on any atom is -0.301 e. The van der Waals surface area contributed by atoms with E-state index in [0.29, 0.717) is 15.4 Å². The number of ketones is 1. The second-order valence-corrected chi connectivity index (χ2v) is 7.12. The number of benzene rings is 1. The van der Waals surface area contributed by atoms with E-state index in [1.54, 1.807) is 6.92 Å². The topological polar surface area (TPSA) is 62.8 Å². The molecule has 4 nitrogen and oxygen atoms in total. The Morgan fingerprint density at radius 3 is 2.73 bits per heavy atom. The molecule has 2 aromatic heterocycles. The van der Waals surface area contributed by atoms with Crippen molar-refractivity contribution in [3.8, 4) is 11.1 Å². The van der Waals surface area contributed by atoms with Crippen molar-refractivity contribution >= 4 is 39.1 Å². The number of aromatic amines is 1. The van der Waals surface area contributed by atoms with E-state index in [9.17, 15) is 9.59 Å². The molecular weight excluding hydrogens is 316 g/mol. The molecule has 0 fully saturated rings. The minimum atomic E-state index is -0.228. The molecule has 0 saturated carbocycles. The van der Waals surface area contributed by atoms with Crippen molar-refractivity contribution in [3.63, 3.8) is 0 Å². The summed E-state index contributed by atoms with van der Waals surface area (Å²) in [5.74, 6) is 0.0592. The third-order valence-corrected chi connectivity index (χ3v) is 5.34. The van der Waals surface area contributed by atoms with E-state index >= 15 is 0 Å². The van der Waals surface area contributed by atoms with Gasteiger partial charge in [0, 0.05) is 10.9 Å². The zero-order chi connectivity index (χ0) is 15.7. The van der Waals surface area contributed by atoms with Gasteiger partial charge in [0.05, 0.1) is 10.6 Å². The number of nitrogens with zero attached hydrogens (tertiary/aromatic N) is 1. The summed E-state index contributed by atoms with van der Waals surface area (Å²) in [7, 11) is 0. The van der Waals surface area contributed by atoms with Crippen molar-refractivity contribution in [2.75, 3.05) is 0 Å². The van der Waals surface area contributed by atoms with Gasteiger partial charge in [0.15, 0.2) is 5.16 Å². The Hall–Kier alpha value is -1.92. The van der Waals surface area contributed by atoms with Gasteiger partial charge >= 0.3 is 0 Å². The summed E-state index contributed by atoms with van der Waals surface area (Å²) < 4.78 is 0. The van der Waals surface area contributed by atoms with Crippen LogP contribution in [-0.4, -0.2) is 21.0 Å². The molecule has 2 heterocycles. The number of aromatic nitrogens is 2. The van der Waals surface area contributed by atoms with Crippen molar-refractivity contribution in [1.29, 1.82) is 0 Å². The Morgan fingerprint density at radius 2 is 2.05 bits per heavy atom. The highest BCUT2D eigenvalue weighted by molar-refractivity contribution is 8.00. The lowest BCUT2D eigenvalue weighted by molar-refractivity contribution is -0.116. The molecule has 22 heavy (non-hydrogen) atoms. The number of Topliss-reactive ketones (excluding diaryl/α,β-unsaturated/α-hetero) is 1. The van der Waals surface area contributed by atoms with Gasteiger partial charge in [0.1, 0.15) is 10.6 Å². The number of fused-ring (bicyclic) bond motifs is 1. The fourth-order valence-corrected chi connectivity index (χ4v) is 3.87. The van der Waals surface area contributed by atoms with Crippen molar-refractivity contribution in [2.24, 2.45) is 0 Å². The zero-order valence-electron chi connectivity index (χ0n) is 12.1. The Bertz CT molecular complexity index is 884. The molecule has 0 aliphatic carbocycles. The van der Waals surface area contributed by atoms with Crippen LogP contribution in [0.3, 0.4) is 0 Å². The Balaban J connectivity index is 2.07. The van der Waals surface area contributed by atoms with E-state index in [-0.39, 0.29) is 16.6 Å². The number of nitrogens with one attached hydrogen (secondary N) is 1. The van der Waals surface area contributed by atoms with Gasteiger partial charge in [-0.05, 0) is 19.4 Å². The molecule has 1 atom stereocenters. The first kappa shape index (κ1) is 15.0. The summed E-state index contributed by atoms with van der Waals surface area (Å²) in [6.45, 7) is 3.34. The van der Waals surface area contributed by atoms with E-state index in [1.807, 2.05) is 35.7 Å². The SMILES string of the molecule is CC(=O)C(C)Sc1nc2scc(-c3ccccc3)c2c(=O)[nH]1. The average Bonchev–Trinajstić information content (AvgIpc) is 2.92. The molecule has 1 N–H and O–H groups in total. The largest absolute Gasteiger partial charge is 0.301 e. The number of carbonyl (C=O) groups is 1. The van der Waals surface area contributed by atoms with Gasteiger partial charge in [0.2, 0.25) is 0 Å². The van der Waals surface area contributed by atoms with Crippen LogP contribution in [0.25, 0.3) is 21.3 Å². The van der Waals surface area contributed by atoms with Crippen LogP contribution in [-0.2, 0) is 4.79 Å². The van der Waals surface area contributed by atoms with Gasteiger partial charge in [-0.1, -0.05) is 42.1 Å². The zero-order valence-corrected chi connectivity index (χ0v) is 13.8. The maximum Gasteiger partial charge on any atom is 0.260 e. The number of thiophene rings is 1. The summed E-state index contributed by atoms with van der Waals surface area (Å²) in [5.41, 5.74) is 1.73. The van der Waals surface area contributed by atoms with Crippen LogP contribution in [0.2, 0.25) is 0 Å². The molecule has 1 unspecified atom stereocenters. The predicted molar refractivity (Wildman–Crippen MR) is 91.7 cm³/mol. The average molecular weight is 330 g/mol. The van der Waals surface area contributed by atoms with Crippen LogP contribution < -0.4 is 5.56 Å². The predicted octanol–water partition coefficient (Wildman–Crippen LogP) is 3.72. The maximum absolute atomic E-state index is 12.4. The molecule has 3 aromatic rings. The standard InChI is InChI=1S/C16H14N2O2S2/c1-9(19)10(2)22-16-17-14(20)13-12(8-21-15(13)18-16)11-6-4-3-5-7-11/h3-8,10H,1-2H3,(H,17,18,20). The van der Waals surface area contributed by atoms with E-state index in [1.165, 1.54) is 30.0 Å². The number of carbonyl (C=O) groups excluding carboxylic acids is 1. The third kappa shape index (κ3) is 2.84. The number of hydrogen-bond acceptors (Lipinski definition) is 5. The molecule has 112 valence electrons. The first-order valence-electron chi connectivity index (χ1n) is 6.80. The molecule has 0 bridgehead atoms. The number of H-pyrrole nitrogens is 1. The monoisotopic (exact) mass is 330 g/mol. The number of thioether (sulfide) groups is 1. The van der Waals surface area contributed by atoms with Gasteiger partial charge < -0.3 is 4.98 Å². The van der Waals surface area contributed by atoms with Gasteiger partial charge in [-0.15, -0.1) is 11.3 Å². The molecule has 0 radical (unpaired) electrons. The molecule has 1 aromatic carbocycles. The third-order valence-electron chi connectivity index (χ3n) is 3.37. The molecule has 3 rings (SSSR count). The summed E-state index contributed by atoms with van der Waals surface area (Å²) in [6, 6.07) is 9.78. The van der Waals surface area contributed by atoms with Gasteiger partial charge in [-0.2, -0.15) is 0 Å². The summed E-state index contributed by atoms with van der Waals surface area (Å²) in [5, 5.41) is 2.82. The first-order chi connectivity index (χ1) is 10.6. The first-order valence-corrected chi connectivity index (χ1v) is 8.56. The van der Waals surface area contributed by atoms with E-state index in [2.05, 4.69) is 9.97 Å². The molecule has 0 spiro atoms. The number of hydrogen-bond donors (Lipinski definition) is 1. The fourth-order valence-electron chi connectivity index (χ4n) is 2.07. The highest BCUT2D eigenvalue weighted by Gasteiger charge is 2.15. The van der Waals surface area contributed by atoms with Crippen molar-refractivity contribution in [1.82, 2.24) is 9.97 Å². The quantitative estimate of drug-likeness (QED) is 0.585. The molecule has 6 heteroatoms. The summed E-state index contributed by atoms with van der Waals surface area (Å²) in [6.07, 6.45) is 0. The second-order valence-electron chi connectivity index (χ2n) is 4.94. The number of rotatable bonds is 4. The lowest BCUT2D eigenvalue weighted by atomic mass is 10.1. The normalized spacial score (nSPS) is 12.5. The fraction of sp³-hybridized carbons (Fsp3) is 0.188. The van der Waals surface area contributed by atoms with Crippen LogP contribution in [0.1, 0.15) is 13.8 Å². The van der Waals surface area contributed by atoms with E-state index in [4.69, 9.17) is 0 Å². The van der Waals surface area contributed by atoms with Gasteiger partial charge in [0.25, 0.3) is 5.56 Å². The molecule has 0 amide bonds. The van der Waals surface area contributed by atoms with Crippen LogP contribution in [0, 0.1) is 0 Å².